The molecule has 0 aromatic heterocycles. The van der Waals surface area contributed by atoms with Crippen molar-refractivity contribution in [3.8, 4) is 5.75 Å². The van der Waals surface area contributed by atoms with Crippen LogP contribution in [0, 0.1) is 0 Å². The van der Waals surface area contributed by atoms with Crippen LogP contribution >= 0.6 is 12.6 Å². The van der Waals surface area contributed by atoms with Crippen LogP contribution in [0.25, 0.3) is 0 Å². The van der Waals surface area contributed by atoms with Crippen LogP contribution in [0.15, 0.2) is 29.3 Å². The molecule has 0 radical (unpaired) electrons. The highest BCUT2D eigenvalue weighted by molar-refractivity contribution is 7.80. The van der Waals surface area contributed by atoms with Crippen LogP contribution in [0.2, 0.25) is 0 Å². The zero-order chi connectivity index (χ0) is 29.4. The summed E-state index contributed by atoms with van der Waals surface area (Å²) in [5.74, 6) is -3.52. The Balaban J connectivity index is 2.94. The molecule has 0 aliphatic carbocycles. The zero-order valence-corrected chi connectivity index (χ0v) is 22.6. The quantitative estimate of drug-likeness (QED) is 0.0399. The number of carbonyl (C=O) groups is 4. The number of carboxylic acid groups (broad SMARTS) is 1. The maximum Gasteiger partial charge on any atom is 0.326 e. The van der Waals surface area contributed by atoms with E-state index in [9.17, 15) is 29.4 Å². The van der Waals surface area contributed by atoms with Gasteiger partial charge in [-0.2, -0.15) is 12.6 Å². The molecule has 4 atom stereocenters. The van der Waals surface area contributed by atoms with E-state index in [-0.39, 0.29) is 36.8 Å². The van der Waals surface area contributed by atoms with Crippen LogP contribution in [-0.2, 0) is 25.6 Å². The first-order valence-corrected chi connectivity index (χ1v) is 13.1. The summed E-state index contributed by atoms with van der Waals surface area (Å²) >= 11 is 4.13. The topological polar surface area (TPSA) is 261 Å². The van der Waals surface area contributed by atoms with Crippen molar-refractivity contribution in [3.63, 3.8) is 0 Å². The van der Waals surface area contributed by atoms with E-state index >= 15 is 0 Å². The molecule has 218 valence electrons. The second-order valence-electron chi connectivity index (χ2n) is 8.91. The minimum absolute atomic E-state index is 0.0313. The van der Waals surface area contributed by atoms with Gasteiger partial charge in [-0.25, -0.2) is 4.79 Å². The number of aromatic hydroxyl groups is 1. The normalized spacial score (nSPS) is 13.8. The molecule has 0 heterocycles. The maximum absolute atomic E-state index is 13.2. The summed E-state index contributed by atoms with van der Waals surface area (Å²) in [6, 6.07) is 1.63. The fraction of sp³-hybridized carbons (Fsp3) is 0.542. The van der Waals surface area contributed by atoms with Gasteiger partial charge >= 0.3 is 5.97 Å². The summed E-state index contributed by atoms with van der Waals surface area (Å²) in [6.07, 6.45) is 2.09. The van der Waals surface area contributed by atoms with E-state index in [2.05, 4.69) is 33.6 Å². The van der Waals surface area contributed by atoms with Gasteiger partial charge in [-0.1, -0.05) is 18.6 Å². The second-order valence-corrected chi connectivity index (χ2v) is 9.28. The average Bonchev–Trinajstić information content (AvgIpc) is 2.89. The van der Waals surface area contributed by atoms with Crippen molar-refractivity contribution in [1.29, 1.82) is 0 Å². The molecule has 3 amide bonds. The van der Waals surface area contributed by atoms with Crippen molar-refractivity contribution in [3.05, 3.63) is 29.8 Å². The van der Waals surface area contributed by atoms with Crippen molar-refractivity contribution < 1.29 is 29.4 Å². The Kier molecular flexibility index (Phi) is 15.3. The Morgan fingerprint density at radius 1 is 0.872 bits per heavy atom. The standard InChI is InChI=1S/C24H40N8O6S/c25-10-2-1-4-16(26)20(34)31-18(12-14-6-8-15(33)9-7-14)21(35)32-19(13-39)22(36)30-17(23(37)38)5-3-11-29-24(27)28/h6-9,16-19,33,39H,1-5,10-13,25-26H2,(H,30,36)(H,31,34)(H,32,35)(H,37,38)(H4,27,28,29). The lowest BCUT2D eigenvalue weighted by Crippen LogP contribution is -2.58. The maximum atomic E-state index is 13.2. The second kappa shape index (κ2) is 17.9. The lowest BCUT2D eigenvalue weighted by molar-refractivity contribution is -0.142. The van der Waals surface area contributed by atoms with Gasteiger partial charge in [0.25, 0.3) is 0 Å². The molecule has 0 bridgehead atoms. The van der Waals surface area contributed by atoms with Gasteiger partial charge < -0.3 is 49.1 Å². The summed E-state index contributed by atoms with van der Waals surface area (Å²) < 4.78 is 0. The molecule has 4 unspecified atom stereocenters. The Morgan fingerprint density at radius 3 is 2.03 bits per heavy atom. The number of nitrogens with one attached hydrogen (secondary N) is 3. The number of guanidine groups is 1. The summed E-state index contributed by atoms with van der Waals surface area (Å²) in [4.78, 5) is 54.1. The van der Waals surface area contributed by atoms with Crippen LogP contribution < -0.4 is 38.9 Å². The number of carbonyl (C=O) groups excluding carboxylic acids is 3. The van der Waals surface area contributed by atoms with E-state index in [1.165, 1.54) is 12.1 Å². The number of nitrogens with two attached hydrogens (primary N) is 4. The van der Waals surface area contributed by atoms with E-state index in [1.54, 1.807) is 12.1 Å². The van der Waals surface area contributed by atoms with E-state index < -0.39 is 47.9 Å². The molecule has 39 heavy (non-hydrogen) atoms. The summed E-state index contributed by atoms with van der Waals surface area (Å²) in [7, 11) is 0. The number of aliphatic imine (C=N–C) groups is 1. The van der Waals surface area contributed by atoms with Crippen LogP contribution in [-0.4, -0.2) is 82.9 Å². The molecule has 1 aromatic carbocycles. The highest BCUT2D eigenvalue weighted by Gasteiger charge is 2.29. The Labute approximate surface area is 232 Å². The fourth-order valence-electron chi connectivity index (χ4n) is 3.50. The molecule has 13 N–H and O–H groups in total. The number of phenolic OH excluding ortho intramolecular Hbond substituents is 1. The molecular weight excluding hydrogens is 528 g/mol. The third kappa shape index (κ3) is 13.2. The SMILES string of the molecule is NCCCCC(N)C(=O)NC(Cc1ccc(O)cc1)C(=O)NC(CS)C(=O)NC(CCCN=C(N)N)C(=O)O. The molecule has 15 heteroatoms. The summed E-state index contributed by atoms with van der Waals surface area (Å²) in [5.41, 5.74) is 22.6. The number of nitrogens with zero attached hydrogens (tertiary/aromatic N) is 1. The van der Waals surface area contributed by atoms with Crippen LogP contribution in [0.3, 0.4) is 0 Å². The first-order valence-electron chi connectivity index (χ1n) is 12.5. The number of rotatable bonds is 18. The highest BCUT2D eigenvalue weighted by atomic mass is 32.1. The van der Waals surface area contributed by atoms with Crippen molar-refractivity contribution in [2.75, 3.05) is 18.8 Å². The fourth-order valence-corrected chi connectivity index (χ4v) is 3.75. The Bertz CT molecular complexity index is 974. The Hall–Kier alpha value is -3.56. The van der Waals surface area contributed by atoms with E-state index in [0.717, 1.165) is 0 Å². The van der Waals surface area contributed by atoms with Gasteiger partial charge in [0.2, 0.25) is 17.7 Å². The van der Waals surface area contributed by atoms with Gasteiger partial charge in [-0.05, 0) is 49.9 Å². The van der Waals surface area contributed by atoms with Crippen molar-refractivity contribution in [2.24, 2.45) is 27.9 Å². The number of benzene rings is 1. The largest absolute Gasteiger partial charge is 0.508 e. The summed E-state index contributed by atoms with van der Waals surface area (Å²) in [5, 5.41) is 26.6. The third-order valence-corrected chi connectivity index (χ3v) is 6.06. The number of unbranched alkanes of at least 4 members (excludes halogenated alkanes) is 1. The van der Waals surface area contributed by atoms with Crippen LogP contribution in [0.4, 0.5) is 0 Å². The smallest absolute Gasteiger partial charge is 0.326 e. The van der Waals surface area contributed by atoms with Gasteiger partial charge in [0.15, 0.2) is 5.96 Å². The predicted molar refractivity (Wildman–Crippen MR) is 150 cm³/mol. The number of phenols is 1. The lowest BCUT2D eigenvalue weighted by atomic mass is 10.0. The lowest BCUT2D eigenvalue weighted by Gasteiger charge is -2.24. The number of hydrogen-bond acceptors (Lipinski definition) is 9. The van der Waals surface area contributed by atoms with Gasteiger partial charge in [0.05, 0.1) is 6.04 Å². The molecule has 0 saturated heterocycles. The highest BCUT2D eigenvalue weighted by Crippen LogP contribution is 2.12. The van der Waals surface area contributed by atoms with Crippen molar-refractivity contribution in [1.82, 2.24) is 16.0 Å². The average molecular weight is 569 g/mol. The molecule has 0 saturated carbocycles. The molecular formula is C24H40N8O6S. The van der Waals surface area contributed by atoms with Gasteiger partial charge in [0, 0.05) is 18.7 Å². The van der Waals surface area contributed by atoms with Gasteiger partial charge in [0.1, 0.15) is 23.9 Å². The Morgan fingerprint density at radius 2 is 1.46 bits per heavy atom. The molecule has 0 aliphatic rings. The first kappa shape index (κ1) is 33.5. The van der Waals surface area contributed by atoms with Gasteiger partial charge in [-0.15, -0.1) is 0 Å². The molecule has 0 fully saturated rings. The number of aliphatic carboxylic acids is 1. The molecule has 1 rings (SSSR count). The van der Waals surface area contributed by atoms with Gasteiger partial charge in [-0.3, -0.25) is 19.4 Å². The molecule has 0 spiro atoms. The number of carboxylic acids is 1. The molecule has 1 aromatic rings. The van der Waals surface area contributed by atoms with Crippen LogP contribution in [0.5, 0.6) is 5.75 Å². The zero-order valence-electron chi connectivity index (χ0n) is 21.7. The monoisotopic (exact) mass is 568 g/mol. The first-order chi connectivity index (χ1) is 18.5. The molecule has 14 nitrogen and oxygen atoms in total. The number of thiol groups is 1. The number of amides is 3. The van der Waals surface area contributed by atoms with E-state index in [0.29, 0.717) is 37.8 Å². The predicted octanol–water partition coefficient (Wildman–Crippen LogP) is -2.09. The minimum Gasteiger partial charge on any atom is -0.508 e. The summed E-state index contributed by atoms with van der Waals surface area (Å²) in [6.45, 7) is 0.647. The van der Waals surface area contributed by atoms with Crippen molar-refractivity contribution in [2.45, 2.75) is 62.7 Å². The van der Waals surface area contributed by atoms with E-state index in [4.69, 9.17) is 22.9 Å². The molecule has 0 aliphatic heterocycles. The van der Waals surface area contributed by atoms with Crippen molar-refractivity contribution >= 4 is 42.3 Å². The van der Waals surface area contributed by atoms with E-state index in [1.807, 2.05) is 0 Å². The van der Waals surface area contributed by atoms with Crippen LogP contribution in [0.1, 0.15) is 37.7 Å². The minimum atomic E-state index is -1.27. The number of hydrogen-bond donors (Lipinski definition) is 10. The third-order valence-electron chi connectivity index (χ3n) is 5.69.